The van der Waals surface area contributed by atoms with Gasteiger partial charge in [-0.05, 0) is 76.6 Å². The van der Waals surface area contributed by atoms with Crippen LogP contribution in [-0.2, 0) is 24.4 Å². The Balaban J connectivity index is 1.45. The highest BCUT2D eigenvalue weighted by Gasteiger charge is 2.39. The van der Waals surface area contributed by atoms with Crippen LogP contribution in [0.5, 0.6) is 0 Å². The van der Waals surface area contributed by atoms with Gasteiger partial charge in [0, 0.05) is 73.8 Å². The SMILES string of the molecule is CN(C)C(=O)c1c(CN(C)C(=O)C(C)(C)N2CCCC2)c2cccc3c2n1CCCn1c-3c(C2CCCCC2)c2ccc(C=O)cc21. The smallest absolute Gasteiger partial charge is 0.270 e. The first-order valence-corrected chi connectivity index (χ1v) is 17.6. The Hall–Kier alpha value is -3.91. The van der Waals surface area contributed by atoms with E-state index in [9.17, 15) is 14.4 Å². The number of nitrogens with zero attached hydrogens (tertiary/aromatic N) is 5. The van der Waals surface area contributed by atoms with Crippen LogP contribution < -0.4 is 0 Å². The van der Waals surface area contributed by atoms with Crippen molar-refractivity contribution in [2.24, 2.45) is 0 Å². The second-order valence-corrected chi connectivity index (χ2v) is 14.8. The third-order valence-corrected chi connectivity index (χ3v) is 11.3. The van der Waals surface area contributed by atoms with Crippen LogP contribution in [0.2, 0.25) is 0 Å². The maximum Gasteiger partial charge on any atom is 0.270 e. The number of aryl methyl sites for hydroxylation is 2. The van der Waals surface area contributed by atoms with Crippen molar-refractivity contribution in [3.63, 3.8) is 0 Å². The molecular formula is C39H49N5O3. The number of benzene rings is 2. The second-order valence-electron chi connectivity index (χ2n) is 14.8. The van der Waals surface area contributed by atoms with Gasteiger partial charge in [0.25, 0.3) is 5.91 Å². The number of aldehydes is 1. The molecule has 47 heavy (non-hydrogen) atoms. The molecule has 0 radical (unpaired) electrons. The molecule has 1 saturated carbocycles. The normalized spacial score (nSPS) is 17.5. The van der Waals surface area contributed by atoms with Gasteiger partial charge in [-0.1, -0.05) is 49.6 Å². The van der Waals surface area contributed by atoms with Crippen molar-refractivity contribution in [3.05, 3.63) is 58.8 Å². The van der Waals surface area contributed by atoms with Crippen LogP contribution in [0.25, 0.3) is 33.1 Å². The molecule has 0 spiro atoms. The van der Waals surface area contributed by atoms with Gasteiger partial charge in [0.2, 0.25) is 5.91 Å². The number of fused-ring (bicyclic) bond motifs is 4. The average molecular weight is 636 g/mol. The zero-order valence-corrected chi connectivity index (χ0v) is 28.8. The third-order valence-electron chi connectivity index (χ3n) is 11.3. The average Bonchev–Trinajstić information content (AvgIpc) is 3.80. The molecular weight excluding hydrogens is 586 g/mol. The van der Waals surface area contributed by atoms with Crippen molar-refractivity contribution < 1.29 is 14.4 Å². The predicted molar refractivity (Wildman–Crippen MR) is 188 cm³/mol. The van der Waals surface area contributed by atoms with Gasteiger partial charge in [-0.25, -0.2) is 0 Å². The summed E-state index contributed by atoms with van der Waals surface area (Å²) in [6, 6.07) is 12.7. The summed E-state index contributed by atoms with van der Waals surface area (Å²) in [6.07, 6.45) is 10.1. The molecule has 1 saturated heterocycles. The summed E-state index contributed by atoms with van der Waals surface area (Å²) >= 11 is 0. The maximum atomic E-state index is 14.1. The van der Waals surface area contributed by atoms with E-state index in [2.05, 4.69) is 44.4 Å². The van der Waals surface area contributed by atoms with Gasteiger partial charge in [-0.2, -0.15) is 0 Å². The molecule has 2 aliphatic heterocycles. The monoisotopic (exact) mass is 635 g/mol. The molecule has 3 aliphatic rings. The number of carbonyl (C=O) groups excluding carboxylic acids is 3. The molecule has 0 N–H and O–H groups in total. The van der Waals surface area contributed by atoms with Gasteiger partial charge in [-0.3, -0.25) is 19.3 Å². The number of hydrogen-bond donors (Lipinski definition) is 0. The number of amides is 2. The Morgan fingerprint density at radius 1 is 0.872 bits per heavy atom. The van der Waals surface area contributed by atoms with Gasteiger partial charge in [-0.15, -0.1) is 0 Å². The highest BCUT2D eigenvalue weighted by atomic mass is 16.2. The van der Waals surface area contributed by atoms with E-state index in [0.717, 1.165) is 85.6 Å². The predicted octanol–water partition coefficient (Wildman–Crippen LogP) is 7.06. The molecule has 7 rings (SSSR count). The minimum Gasteiger partial charge on any atom is -0.343 e. The van der Waals surface area contributed by atoms with E-state index in [1.807, 2.05) is 46.0 Å². The number of aromatic nitrogens is 2. The molecule has 4 heterocycles. The van der Waals surface area contributed by atoms with E-state index in [-0.39, 0.29) is 11.8 Å². The Labute approximate surface area is 278 Å². The molecule has 2 aromatic heterocycles. The van der Waals surface area contributed by atoms with Crippen molar-refractivity contribution in [3.8, 4) is 11.3 Å². The summed E-state index contributed by atoms with van der Waals surface area (Å²) in [5.74, 6) is 0.488. The van der Waals surface area contributed by atoms with E-state index in [0.29, 0.717) is 30.3 Å². The van der Waals surface area contributed by atoms with Crippen LogP contribution >= 0.6 is 0 Å². The summed E-state index contributed by atoms with van der Waals surface area (Å²) in [5, 5.41) is 2.28. The van der Waals surface area contributed by atoms with Gasteiger partial charge < -0.3 is 18.9 Å². The molecule has 0 atom stereocenters. The number of para-hydroxylation sites is 1. The number of likely N-dealkylation sites (tertiary alicyclic amines) is 1. The van der Waals surface area contributed by atoms with Crippen LogP contribution in [0.3, 0.4) is 0 Å². The molecule has 2 amide bonds. The summed E-state index contributed by atoms with van der Waals surface area (Å²) < 4.78 is 4.72. The van der Waals surface area contributed by atoms with Crippen molar-refractivity contribution in [2.75, 3.05) is 34.2 Å². The van der Waals surface area contributed by atoms with E-state index < -0.39 is 5.54 Å². The first kappa shape index (κ1) is 31.7. The Morgan fingerprint density at radius 3 is 2.30 bits per heavy atom. The van der Waals surface area contributed by atoms with Gasteiger partial charge >= 0.3 is 0 Å². The van der Waals surface area contributed by atoms with E-state index in [4.69, 9.17) is 0 Å². The quantitative estimate of drug-likeness (QED) is 0.204. The summed E-state index contributed by atoms with van der Waals surface area (Å²) in [4.78, 5) is 45.9. The summed E-state index contributed by atoms with van der Waals surface area (Å²) in [5.41, 5.74) is 7.64. The molecule has 0 bridgehead atoms. The number of carbonyl (C=O) groups is 3. The standard InChI is InChI=1S/C39H49N5O3/c1-39(2,42-19-9-10-20-42)38(47)41(5)24-31-28-15-11-16-30-34(28)44(36(31)37(46)40(3)4)22-12-21-43-32-23-26(25-45)17-18-29(32)33(35(30)43)27-13-7-6-8-14-27/h11,15-18,23,25,27H,6-10,12-14,19-22,24H2,1-5H3. The number of likely N-dealkylation sites (N-methyl/N-ethyl adjacent to an activating group) is 1. The topological polar surface area (TPSA) is 70.8 Å². The molecule has 2 aromatic carbocycles. The maximum absolute atomic E-state index is 14.1. The largest absolute Gasteiger partial charge is 0.343 e. The zero-order chi connectivity index (χ0) is 33.0. The van der Waals surface area contributed by atoms with Crippen molar-refractivity contribution in [1.82, 2.24) is 23.8 Å². The molecule has 248 valence electrons. The first-order chi connectivity index (χ1) is 22.6. The lowest BCUT2D eigenvalue weighted by Gasteiger charge is -2.37. The Kier molecular flexibility index (Phi) is 8.27. The van der Waals surface area contributed by atoms with Crippen LogP contribution in [0.15, 0.2) is 36.4 Å². The summed E-state index contributed by atoms with van der Waals surface area (Å²) in [6.45, 7) is 7.78. The Bertz CT molecular complexity index is 1870. The molecule has 2 fully saturated rings. The fourth-order valence-corrected chi connectivity index (χ4v) is 8.88. The summed E-state index contributed by atoms with van der Waals surface area (Å²) in [7, 11) is 5.52. The number of rotatable bonds is 7. The fourth-order valence-electron chi connectivity index (χ4n) is 8.88. The lowest BCUT2D eigenvalue weighted by atomic mass is 9.81. The first-order valence-electron chi connectivity index (χ1n) is 17.6. The lowest BCUT2D eigenvalue weighted by Crippen LogP contribution is -2.54. The molecule has 1 aliphatic carbocycles. The highest BCUT2D eigenvalue weighted by Crippen LogP contribution is 2.47. The van der Waals surface area contributed by atoms with E-state index in [1.165, 1.54) is 35.9 Å². The molecule has 8 nitrogen and oxygen atoms in total. The van der Waals surface area contributed by atoms with Crippen molar-refractivity contribution >= 4 is 39.9 Å². The molecule has 0 unspecified atom stereocenters. The Morgan fingerprint density at radius 2 is 1.60 bits per heavy atom. The van der Waals surface area contributed by atoms with Crippen LogP contribution in [0.4, 0.5) is 0 Å². The highest BCUT2D eigenvalue weighted by molar-refractivity contribution is 6.08. The minimum atomic E-state index is -0.611. The van der Waals surface area contributed by atoms with Gasteiger partial charge in [0.05, 0.1) is 16.7 Å². The van der Waals surface area contributed by atoms with Gasteiger partial charge in [0.15, 0.2) is 0 Å². The van der Waals surface area contributed by atoms with Crippen molar-refractivity contribution in [2.45, 2.75) is 96.3 Å². The minimum absolute atomic E-state index is 0.0361. The lowest BCUT2D eigenvalue weighted by molar-refractivity contribution is -0.141. The number of hydrogen-bond acceptors (Lipinski definition) is 4. The second kappa shape index (κ2) is 12.3. The molecule has 8 heteroatoms. The van der Waals surface area contributed by atoms with E-state index >= 15 is 0 Å². The van der Waals surface area contributed by atoms with Gasteiger partial charge in [0.1, 0.15) is 12.0 Å². The van der Waals surface area contributed by atoms with Crippen LogP contribution in [0.1, 0.15) is 103 Å². The van der Waals surface area contributed by atoms with Crippen molar-refractivity contribution in [1.29, 1.82) is 0 Å². The molecule has 4 aromatic rings. The zero-order valence-electron chi connectivity index (χ0n) is 28.8. The third kappa shape index (κ3) is 5.20. The fraction of sp³-hybridized carbons (Fsp3) is 0.513. The van der Waals surface area contributed by atoms with E-state index in [1.54, 1.807) is 4.90 Å². The van der Waals surface area contributed by atoms with Crippen LogP contribution in [0, 0.1) is 0 Å². The van der Waals surface area contributed by atoms with Crippen LogP contribution in [-0.4, -0.2) is 81.7 Å².